The largest absolute Gasteiger partial charge is 0.497 e. The molecule has 2 aromatic carbocycles. The van der Waals surface area contributed by atoms with Gasteiger partial charge in [-0.05, 0) is 43.3 Å². The maximum absolute atomic E-state index is 12.4. The highest BCUT2D eigenvalue weighted by atomic mass is 79.9. The van der Waals surface area contributed by atoms with Crippen LogP contribution in [0.15, 0.2) is 68.8 Å². The van der Waals surface area contributed by atoms with Crippen LogP contribution in [0.5, 0.6) is 5.75 Å². The molecule has 0 aliphatic heterocycles. The average molecular weight is 433 g/mol. The smallest absolute Gasteiger partial charge is 0.256 e. The second-order valence-electron chi connectivity index (χ2n) is 5.48. The van der Waals surface area contributed by atoms with Crippen LogP contribution in [0.25, 0.3) is 11.3 Å². The van der Waals surface area contributed by atoms with Gasteiger partial charge in [0.15, 0.2) is 5.76 Å². The van der Waals surface area contributed by atoms with Crippen LogP contribution in [0.1, 0.15) is 6.92 Å². The molecule has 134 valence electrons. The van der Waals surface area contributed by atoms with Crippen LogP contribution in [0.3, 0.4) is 0 Å². The molecular formula is C19H17BrN2O3S. The van der Waals surface area contributed by atoms with Crippen molar-refractivity contribution in [1.82, 2.24) is 4.98 Å². The summed E-state index contributed by atoms with van der Waals surface area (Å²) in [5, 5.41) is 2.97. The van der Waals surface area contributed by atoms with Gasteiger partial charge in [-0.1, -0.05) is 39.8 Å². The summed E-state index contributed by atoms with van der Waals surface area (Å²) in [6, 6.07) is 15.0. The molecule has 0 fully saturated rings. The lowest BCUT2D eigenvalue weighted by molar-refractivity contribution is -0.115. The first-order valence-corrected chi connectivity index (χ1v) is 9.56. The number of thioether (sulfide) groups is 1. The van der Waals surface area contributed by atoms with Gasteiger partial charge in [-0.2, -0.15) is 0 Å². The van der Waals surface area contributed by atoms with E-state index in [0.29, 0.717) is 16.7 Å². The van der Waals surface area contributed by atoms with Crippen LogP contribution in [0, 0.1) is 0 Å². The molecule has 7 heteroatoms. The number of nitrogens with zero attached hydrogens (tertiary/aromatic N) is 1. The first kappa shape index (κ1) is 18.5. The lowest BCUT2D eigenvalue weighted by Crippen LogP contribution is -2.22. The zero-order valence-electron chi connectivity index (χ0n) is 14.2. The summed E-state index contributed by atoms with van der Waals surface area (Å²) >= 11 is 4.71. The van der Waals surface area contributed by atoms with Crippen molar-refractivity contribution < 1.29 is 13.9 Å². The topological polar surface area (TPSA) is 64.4 Å². The second-order valence-corrected chi connectivity index (χ2v) is 7.69. The van der Waals surface area contributed by atoms with E-state index < -0.39 is 0 Å². The van der Waals surface area contributed by atoms with Crippen molar-refractivity contribution in [3.63, 3.8) is 0 Å². The van der Waals surface area contributed by atoms with Crippen LogP contribution < -0.4 is 10.1 Å². The lowest BCUT2D eigenvalue weighted by Gasteiger charge is -2.10. The number of hydrogen-bond donors (Lipinski definition) is 1. The molecule has 5 nitrogen and oxygen atoms in total. The predicted octanol–water partition coefficient (Wildman–Crippen LogP) is 5.23. The van der Waals surface area contributed by atoms with E-state index in [0.717, 1.165) is 15.8 Å². The number of nitrogens with one attached hydrogen (secondary N) is 1. The van der Waals surface area contributed by atoms with Crippen LogP contribution in [0.2, 0.25) is 0 Å². The van der Waals surface area contributed by atoms with Gasteiger partial charge in [-0.15, -0.1) is 0 Å². The normalized spacial score (nSPS) is 11.8. The fourth-order valence-corrected chi connectivity index (χ4v) is 3.33. The molecule has 1 aromatic heterocycles. The Balaban J connectivity index is 1.62. The van der Waals surface area contributed by atoms with Gasteiger partial charge in [0.25, 0.3) is 5.22 Å². The maximum Gasteiger partial charge on any atom is 0.256 e. The molecule has 3 rings (SSSR count). The molecule has 0 aliphatic rings. The number of rotatable bonds is 6. The molecule has 26 heavy (non-hydrogen) atoms. The number of hydrogen-bond acceptors (Lipinski definition) is 5. The third-order valence-corrected chi connectivity index (χ3v) is 5.05. The summed E-state index contributed by atoms with van der Waals surface area (Å²) < 4.78 is 11.8. The zero-order valence-corrected chi connectivity index (χ0v) is 16.6. The summed E-state index contributed by atoms with van der Waals surface area (Å²) in [6.07, 6.45) is 1.66. The average Bonchev–Trinajstić information content (AvgIpc) is 3.11. The number of anilines is 1. The van der Waals surface area contributed by atoms with Crippen LogP contribution in [-0.2, 0) is 4.79 Å². The number of methoxy groups -OCH3 is 1. The molecule has 1 amide bonds. The second kappa shape index (κ2) is 8.42. The minimum atomic E-state index is -0.355. The van der Waals surface area contributed by atoms with Crippen molar-refractivity contribution in [3.05, 3.63) is 59.2 Å². The Labute approximate surface area is 164 Å². The first-order chi connectivity index (χ1) is 12.5. The quantitative estimate of drug-likeness (QED) is 0.540. The van der Waals surface area contributed by atoms with E-state index in [9.17, 15) is 4.79 Å². The number of halogens is 1. The number of ether oxygens (including phenoxy) is 1. The van der Waals surface area contributed by atoms with Gasteiger partial charge in [0, 0.05) is 15.7 Å². The monoisotopic (exact) mass is 432 g/mol. The molecule has 0 aliphatic carbocycles. The fraction of sp³-hybridized carbons (Fsp3) is 0.158. The van der Waals surface area contributed by atoms with E-state index >= 15 is 0 Å². The third-order valence-electron chi connectivity index (χ3n) is 3.60. The molecule has 0 unspecified atom stereocenters. The Morgan fingerprint density at radius 2 is 2.04 bits per heavy atom. The summed E-state index contributed by atoms with van der Waals surface area (Å²) in [4.78, 5) is 16.6. The van der Waals surface area contributed by atoms with E-state index in [4.69, 9.17) is 9.15 Å². The Bertz CT molecular complexity index is 896. The molecule has 0 saturated carbocycles. The molecule has 3 aromatic rings. The molecule has 1 N–H and O–H groups in total. The van der Waals surface area contributed by atoms with E-state index in [1.807, 2.05) is 31.2 Å². The maximum atomic E-state index is 12.4. The Morgan fingerprint density at radius 3 is 2.73 bits per heavy atom. The minimum Gasteiger partial charge on any atom is -0.497 e. The number of aromatic nitrogens is 1. The first-order valence-electron chi connectivity index (χ1n) is 7.88. The van der Waals surface area contributed by atoms with E-state index in [1.54, 1.807) is 37.6 Å². The van der Waals surface area contributed by atoms with Crippen molar-refractivity contribution in [2.75, 3.05) is 12.4 Å². The number of benzene rings is 2. The van der Waals surface area contributed by atoms with Crippen molar-refractivity contribution in [2.45, 2.75) is 17.4 Å². The number of amides is 1. The highest BCUT2D eigenvalue weighted by Gasteiger charge is 2.18. The van der Waals surface area contributed by atoms with Crippen LogP contribution >= 0.6 is 27.7 Å². The van der Waals surface area contributed by atoms with Crippen molar-refractivity contribution >= 4 is 39.3 Å². The lowest BCUT2D eigenvalue weighted by atomic mass is 10.2. The summed E-state index contributed by atoms with van der Waals surface area (Å²) in [5.74, 6) is 1.28. The minimum absolute atomic E-state index is 0.123. The number of carbonyl (C=O) groups excluding carboxylic acids is 1. The molecule has 1 heterocycles. The summed E-state index contributed by atoms with van der Waals surface area (Å²) in [7, 11) is 1.60. The van der Waals surface area contributed by atoms with Crippen LogP contribution in [0.4, 0.5) is 5.69 Å². The molecule has 0 spiro atoms. The van der Waals surface area contributed by atoms with Crippen molar-refractivity contribution in [1.29, 1.82) is 0 Å². The van der Waals surface area contributed by atoms with Crippen molar-refractivity contribution in [2.24, 2.45) is 0 Å². The van der Waals surface area contributed by atoms with E-state index in [2.05, 4.69) is 26.2 Å². The summed E-state index contributed by atoms with van der Waals surface area (Å²) in [5.41, 5.74) is 1.64. The number of oxazole rings is 1. The third kappa shape index (κ3) is 4.68. The highest BCUT2D eigenvalue weighted by molar-refractivity contribution is 9.10. The Kier molecular flexibility index (Phi) is 6.00. The SMILES string of the molecule is COc1ccc(NC(=O)[C@@H](C)Sc2ncc(-c3cccc(Br)c3)o2)cc1. The van der Waals surface area contributed by atoms with Gasteiger partial charge in [0.2, 0.25) is 5.91 Å². The van der Waals surface area contributed by atoms with Gasteiger partial charge in [-0.25, -0.2) is 4.98 Å². The zero-order chi connectivity index (χ0) is 18.5. The number of carbonyl (C=O) groups is 1. The van der Waals surface area contributed by atoms with E-state index in [-0.39, 0.29) is 11.2 Å². The highest BCUT2D eigenvalue weighted by Crippen LogP contribution is 2.29. The Hall–Kier alpha value is -2.25. The molecule has 0 saturated heterocycles. The molecule has 0 radical (unpaired) electrons. The van der Waals surface area contributed by atoms with Crippen molar-refractivity contribution in [3.8, 4) is 17.1 Å². The van der Waals surface area contributed by atoms with E-state index in [1.165, 1.54) is 11.8 Å². The summed E-state index contributed by atoms with van der Waals surface area (Å²) in [6.45, 7) is 1.81. The van der Waals surface area contributed by atoms with Gasteiger partial charge >= 0.3 is 0 Å². The molecule has 0 bridgehead atoms. The van der Waals surface area contributed by atoms with Gasteiger partial charge in [-0.3, -0.25) is 4.79 Å². The van der Waals surface area contributed by atoms with Gasteiger partial charge in [0.05, 0.1) is 18.6 Å². The predicted molar refractivity (Wildman–Crippen MR) is 107 cm³/mol. The fourth-order valence-electron chi connectivity index (χ4n) is 2.21. The van der Waals surface area contributed by atoms with Gasteiger partial charge in [0.1, 0.15) is 5.75 Å². The van der Waals surface area contributed by atoms with Crippen LogP contribution in [-0.4, -0.2) is 23.3 Å². The molecule has 1 atom stereocenters. The van der Waals surface area contributed by atoms with Gasteiger partial charge < -0.3 is 14.5 Å². The Morgan fingerprint density at radius 1 is 1.27 bits per heavy atom. The standard InChI is InChI=1S/C19H17BrN2O3S/c1-12(18(23)22-15-6-8-16(24-2)9-7-15)26-19-21-11-17(25-19)13-4-3-5-14(20)10-13/h3-12H,1-2H3,(H,22,23)/t12-/m1/s1. The molecular weight excluding hydrogens is 416 g/mol.